The molecule has 0 radical (unpaired) electrons. The summed E-state index contributed by atoms with van der Waals surface area (Å²) in [5.41, 5.74) is 1.65. The zero-order valence-corrected chi connectivity index (χ0v) is 26.6. The highest BCUT2D eigenvalue weighted by Gasteiger charge is 2.39. The third kappa shape index (κ3) is 5.65. The average molecular weight is 643 g/mol. The molecule has 4 aromatic carbocycles. The topological polar surface area (TPSA) is 132 Å². The summed E-state index contributed by atoms with van der Waals surface area (Å²) in [4.78, 5) is 97.8. The Labute approximate surface area is 276 Å². The lowest BCUT2D eigenvalue weighted by Gasteiger charge is -2.15. The molecule has 0 spiro atoms. The normalized spacial score (nSPS) is 13.9. The summed E-state index contributed by atoms with van der Waals surface area (Å²) in [5.74, 6) is -3.32. The van der Waals surface area contributed by atoms with Crippen LogP contribution in [0, 0.1) is 0 Å². The van der Waals surface area contributed by atoms with Crippen molar-refractivity contribution in [3.8, 4) is 0 Å². The second-order valence-electron chi connectivity index (χ2n) is 12.2. The van der Waals surface area contributed by atoms with Gasteiger partial charge in [-0.15, -0.1) is 0 Å². The largest absolute Gasteiger partial charge is 0.302 e. The Hall–Kier alpha value is -5.91. The average Bonchev–Trinajstić information content (AvgIpc) is 3.46. The molecular weight excluding hydrogens is 612 g/mol. The fourth-order valence-corrected chi connectivity index (χ4v) is 5.79. The zero-order valence-electron chi connectivity index (χ0n) is 26.6. The van der Waals surface area contributed by atoms with Crippen LogP contribution in [0.5, 0.6) is 0 Å². The first kappa shape index (κ1) is 32.0. The summed E-state index contributed by atoms with van der Waals surface area (Å²) in [6.07, 6.45) is 0. The lowest BCUT2D eigenvalue weighted by molar-refractivity contribution is 0.0910. The molecule has 0 bridgehead atoms. The van der Waals surface area contributed by atoms with Crippen LogP contribution in [0.2, 0.25) is 0 Å². The number of fused-ring (bicyclic) bond motifs is 2. The molecule has 11 heteroatoms. The molecule has 6 rings (SSSR count). The van der Waals surface area contributed by atoms with Gasteiger partial charge in [0.25, 0.3) is 23.6 Å². The molecule has 0 saturated carbocycles. The quantitative estimate of drug-likeness (QED) is 0.186. The van der Waals surface area contributed by atoms with E-state index in [2.05, 4.69) is 0 Å². The molecule has 0 saturated heterocycles. The highest BCUT2D eigenvalue weighted by Crippen LogP contribution is 2.32. The first-order valence-electron chi connectivity index (χ1n) is 15.0. The summed E-state index contributed by atoms with van der Waals surface area (Å²) in [5, 5.41) is 0. The van der Waals surface area contributed by atoms with E-state index in [1.807, 2.05) is 0 Å². The summed E-state index contributed by atoms with van der Waals surface area (Å²) in [6, 6.07) is 20.8. The van der Waals surface area contributed by atoms with Gasteiger partial charge in [0.15, 0.2) is 17.3 Å². The molecule has 0 N–H and O–H groups in total. The number of ketones is 3. The third-order valence-corrected chi connectivity index (χ3v) is 8.07. The molecular formula is C37H30N4O7. The SMILES string of the molecule is CN(C)CC(=O)c1cccc(N2C(=O)c3ccc(C(=O)c4ccc5c(c4)C(=O)N(c4cccc(C(=O)CN(C)C)c4)C5=O)cc3C2=O)c1. The van der Waals surface area contributed by atoms with Crippen LogP contribution >= 0.6 is 0 Å². The van der Waals surface area contributed by atoms with E-state index in [9.17, 15) is 33.6 Å². The van der Waals surface area contributed by atoms with Crippen LogP contribution in [0.3, 0.4) is 0 Å². The van der Waals surface area contributed by atoms with Crippen molar-refractivity contribution >= 4 is 52.4 Å². The number of amides is 4. The van der Waals surface area contributed by atoms with Gasteiger partial charge in [-0.2, -0.15) is 0 Å². The minimum Gasteiger partial charge on any atom is -0.302 e. The Morgan fingerprint density at radius 1 is 0.479 bits per heavy atom. The van der Waals surface area contributed by atoms with E-state index in [0.29, 0.717) is 11.1 Å². The van der Waals surface area contributed by atoms with E-state index >= 15 is 0 Å². The number of benzene rings is 4. The summed E-state index contributed by atoms with van der Waals surface area (Å²) >= 11 is 0. The van der Waals surface area contributed by atoms with Crippen LogP contribution in [0.15, 0.2) is 84.9 Å². The van der Waals surface area contributed by atoms with Crippen LogP contribution in [-0.2, 0) is 0 Å². The molecule has 4 amide bonds. The van der Waals surface area contributed by atoms with Crippen LogP contribution in [0.25, 0.3) is 0 Å². The van der Waals surface area contributed by atoms with Gasteiger partial charge < -0.3 is 9.80 Å². The van der Waals surface area contributed by atoms with Crippen molar-refractivity contribution in [3.05, 3.63) is 129 Å². The van der Waals surface area contributed by atoms with Gasteiger partial charge in [-0.3, -0.25) is 33.6 Å². The van der Waals surface area contributed by atoms with Crippen LogP contribution in [0.1, 0.15) is 78.1 Å². The predicted octanol–water partition coefficient (Wildman–Crippen LogP) is 4.01. The molecule has 0 aromatic heterocycles. The van der Waals surface area contributed by atoms with Crippen molar-refractivity contribution in [3.63, 3.8) is 0 Å². The molecule has 0 aliphatic carbocycles. The number of carbonyl (C=O) groups is 7. The van der Waals surface area contributed by atoms with Crippen molar-refractivity contribution < 1.29 is 33.6 Å². The van der Waals surface area contributed by atoms with Crippen LogP contribution in [0.4, 0.5) is 11.4 Å². The van der Waals surface area contributed by atoms with Gasteiger partial charge in [0, 0.05) is 22.3 Å². The van der Waals surface area contributed by atoms with Crippen LogP contribution in [-0.4, -0.2) is 92.1 Å². The molecule has 11 nitrogen and oxygen atoms in total. The van der Waals surface area contributed by atoms with Gasteiger partial charge in [0.1, 0.15) is 0 Å². The summed E-state index contributed by atoms with van der Waals surface area (Å²) in [7, 11) is 7.04. The monoisotopic (exact) mass is 642 g/mol. The van der Waals surface area contributed by atoms with Gasteiger partial charge in [-0.05, 0) is 76.7 Å². The number of imide groups is 2. The first-order valence-corrected chi connectivity index (χ1v) is 15.0. The molecule has 0 atom stereocenters. The van der Waals surface area contributed by atoms with Crippen molar-refractivity contribution in [1.82, 2.24) is 9.80 Å². The number of carbonyl (C=O) groups excluding carboxylic acids is 7. The smallest absolute Gasteiger partial charge is 0.266 e. The minimum atomic E-state index is -0.640. The first-order chi connectivity index (χ1) is 22.8. The van der Waals surface area contributed by atoms with Crippen LogP contribution < -0.4 is 9.80 Å². The zero-order chi connectivity index (χ0) is 34.4. The van der Waals surface area contributed by atoms with E-state index in [0.717, 1.165) is 9.80 Å². The van der Waals surface area contributed by atoms with Crippen molar-refractivity contribution in [2.45, 2.75) is 0 Å². The molecule has 2 aliphatic heterocycles. The molecule has 48 heavy (non-hydrogen) atoms. The van der Waals surface area contributed by atoms with E-state index in [1.54, 1.807) is 74.4 Å². The van der Waals surface area contributed by atoms with E-state index < -0.39 is 29.4 Å². The lowest BCUT2D eigenvalue weighted by atomic mass is 9.96. The highest BCUT2D eigenvalue weighted by atomic mass is 16.2. The van der Waals surface area contributed by atoms with Gasteiger partial charge in [-0.1, -0.05) is 36.4 Å². The van der Waals surface area contributed by atoms with Gasteiger partial charge in [-0.25, -0.2) is 9.80 Å². The standard InChI is InChI=1S/C37H30N4O7/c1-38(2)19-31(42)21-7-5-9-25(15-21)40-34(45)27-13-11-23(17-29(27)36(40)47)33(44)24-12-14-28-30(18-24)37(48)41(35(28)46)26-10-6-8-22(16-26)32(43)20-39(3)4/h5-18H,19-20H2,1-4H3. The summed E-state index contributed by atoms with van der Waals surface area (Å²) < 4.78 is 0. The Morgan fingerprint density at radius 2 is 0.854 bits per heavy atom. The second-order valence-corrected chi connectivity index (χ2v) is 12.2. The molecule has 2 heterocycles. The fraction of sp³-hybridized carbons (Fsp3) is 0.162. The number of Topliss-reactive ketones (excluding diaryl/α,β-unsaturated/α-hetero) is 2. The lowest BCUT2D eigenvalue weighted by Crippen LogP contribution is -2.29. The number of anilines is 2. The van der Waals surface area contributed by atoms with Crippen molar-refractivity contribution in [1.29, 1.82) is 0 Å². The number of rotatable bonds is 10. The minimum absolute atomic E-state index is 0.0261. The maximum atomic E-state index is 13.6. The molecule has 2 aliphatic rings. The van der Waals surface area contributed by atoms with Gasteiger partial charge in [0.2, 0.25) is 0 Å². The fourth-order valence-electron chi connectivity index (χ4n) is 5.79. The predicted molar refractivity (Wildman–Crippen MR) is 177 cm³/mol. The number of hydrogen-bond donors (Lipinski definition) is 0. The van der Waals surface area contributed by atoms with Crippen molar-refractivity contribution in [2.75, 3.05) is 51.1 Å². The molecule has 0 unspecified atom stereocenters. The second kappa shape index (κ2) is 12.4. The molecule has 4 aromatic rings. The maximum Gasteiger partial charge on any atom is 0.266 e. The van der Waals surface area contributed by atoms with Gasteiger partial charge >= 0.3 is 0 Å². The number of hydrogen-bond acceptors (Lipinski definition) is 9. The highest BCUT2D eigenvalue weighted by molar-refractivity contribution is 6.36. The molecule has 0 fully saturated rings. The molecule has 240 valence electrons. The Morgan fingerprint density at radius 3 is 1.23 bits per heavy atom. The van der Waals surface area contributed by atoms with Gasteiger partial charge in [0.05, 0.1) is 46.7 Å². The number of likely N-dealkylation sites (N-methyl/N-ethyl adjacent to an activating group) is 2. The van der Waals surface area contributed by atoms with E-state index in [-0.39, 0.29) is 69.4 Å². The van der Waals surface area contributed by atoms with Crippen molar-refractivity contribution in [2.24, 2.45) is 0 Å². The Bertz CT molecular complexity index is 1950. The number of nitrogens with zero attached hydrogens (tertiary/aromatic N) is 4. The third-order valence-electron chi connectivity index (χ3n) is 8.07. The maximum absolute atomic E-state index is 13.6. The summed E-state index contributed by atoms with van der Waals surface area (Å²) in [6.45, 7) is 0.311. The Balaban J connectivity index is 1.25. The van der Waals surface area contributed by atoms with E-state index in [1.165, 1.54) is 48.5 Å². The Kier molecular flexibility index (Phi) is 8.25. The van der Waals surface area contributed by atoms with E-state index in [4.69, 9.17) is 0 Å².